The number of carbonyl (C=O) groups is 1. The van der Waals surface area contributed by atoms with Crippen molar-refractivity contribution in [3.8, 4) is 34.2 Å². The summed E-state index contributed by atoms with van der Waals surface area (Å²) in [4.78, 5) is 24.7. The van der Waals surface area contributed by atoms with E-state index in [1.165, 1.54) is 36.5 Å². The van der Waals surface area contributed by atoms with Crippen LogP contribution in [0.2, 0.25) is 0 Å². The van der Waals surface area contributed by atoms with Crippen molar-refractivity contribution >= 4 is 58.0 Å². The summed E-state index contributed by atoms with van der Waals surface area (Å²) in [5, 5.41) is 48.9. The van der Waals surface area contributed by atoms with Crippen LogP contribution in [-0.2, 0) is 6.54 Å². The minimum atomic E-state index is -0.280. The molecule has 71 heavy (non-hydrogen) atoms. The molecule has 0 saturated heterocycles. The summed E-state index contributed by atoms with van der Waals surface area (Å²) in [6.45, 7) is 2.26. The zero-order valence-electron chi connectivity index (χ0n) is 37.5. The molecule has 3 aliphatic rings. The molecule has 0 atom stereocenters. The second-order valence-corrected chi connectivity index (χ2v) is 16.1. The number of benzene rings is 3. The van der Waals surface area contributed by atoms with Gasteiger partial charge < -0.3 is 35.0 Å². The standard InChI is InChI=1S/C15H12FN5O.C15H14FN5.C15H11FN4O.C2H6O.CH4.ClH.H3NO/c16-10-1-4-13-14(6-10)21(12-2-3-12)15(19-13)9-5-11(8-18-22)20-17-7-9;16-10-1-4-13-14(6-10)21(12-2-3-12)15(19-13)9-5-11(7-17)20-18-8-9;16-10-1-4-13-14(6-10)20(12-2-3-12)15(18-13)9-5-11(8-21)19-17-7-9;1-2-3;;;1-2/h1,4-8,12,22H,2-3H2;1,4-6,8,12H,2-3,7,17H2;1,4-8,12H,2-3H2;3H,2H2,1H3;1H4;1H;2H,1H2/b18-8+;;;;;;. The molecule has 0 aliphatic heterocycles. The predicted molar refractivity (Wildman–Crippen MR) is 262 cm³/mol. The maximum Gasteiger partial charge on any atom is 0.170 e. The largest absolute Gasteiger partial charge is 0.411 e. The van der Waals surface area contributed by atoms with Gasteiger partial charge in [-0.25, -0.2) is 34.0 Å². The fourth-order valence-electron chi connectivity index (χ4n) is 7.74. The average molecular weight is 994 g/mol. The Balaban J connectivity index is 0.000000164. The third-order valence-corrected chi connectivity index (χ3v) is 11.0. The van der Waals surface area contributed by atoms with Gasteiger partial charge in [-0.2, -0.15) is 20.4 Å². The number of carbonyl (C=O) groups excluding carboxylic acids is 1. The topological polar surface area (TPSA) is 273 Å². The molecule has 6 aromatic heterocycles. The second-order valence-electron chi connectivity index (χ2n) is 16.1. The van der Waals surface area contributed by atoms with Crippen LogP contribution in [0, 0.1) is 17.5 Å². The van der Waals surface area contributed by atoms with E-state index in [0.717, 1.165) is 100.0 Å². The lowest BCUT2D eigenvalue weighted by Gasteiger charge is -2.07. The molecule has 23 heteroatoms. The van der Waals surface area contributed by atoms with E-state index in [-0.39, 0.29) is 49.6 Å². The molecule has 3 saturated carbocycles. The normalized spacial score (nSPS) is 13.6. The molecule has 3 fully saturated rings. The quantitative estimate of drug-likeness (QED) is 0.0393. The van der Waals surface area contributed by atoms with Gasteiger partial charge in [0.1, 0.15) is 46.3 Å². The van der Waals surface area contributed by atoms with Crippen molar-refractivity contribution in [2.24, 2.45) is 16.8 Å². The highest BCUT2D eigenvalue weighted by molar-refractivity contribution is 5.86. The van der Waals surface area contributed by atoms with E-state index in [2.05, 4.69) is 65.7 Å². The Morgan fingerprint density at radius 3 is 1.32 bits per heavy atom. The molecule has 3 aliphatic carbocycles. The summed E-state index contributed by atoms with van der Waals surface area (Å²) in [6, 6.07) is 20.2. The number of nitrogens with two attached hydrogens (primary N) is 2. The highest BCUT2D eigenvalue weighted by Crippen LogP contribution is 2.43. The first kappa shape index (κ1) is 52.7. The van der Waals surface area contributed by atoms with Crippen molar-refractivity contribution in [1.82, 2.24) is 59.2 Å². The average Bonchev–Trinajstić information content (AvgIpc) is 4.33. The van der Waals surface area contributed by atoms with E-state index in [4.69, 9.17) is 21.3 Å². The van der Waals surface area contributed by atoms with Crippen LogP contribution in [0.5, 0.6) is 0 Å². The van der Waals surface area contributed by atoms with Gasteiger partial charge in [0.2, 0.25) is 0 Å². The molecule has 12 rings (SSSR count). The van der Waals surface area contributed by atoms with Crippen molar-refractivity contribution in [3.63, 3.8) is 0 Å². The van der Waals surface area contributed by atoms with E-state index < -0.39 is 0 Å². The maximum absolute atomic E-state index is 13.6. The number of aliphatic hydroxyl groups is 1. The van der Waals surface area contributed by atoms with Gasteiger partial charge in [0.05, 0.1) is 63.6 Å². The Kier molecular flexibility index (Phi) is 17.7. The molecule has 0 radical (unpaired) electrons. The molecular weight excluding hydrogens is 943 g/mol. The maximum atomic E-state index is 13.6. The Bertz CT molecular complexity index is 3280. The summed E-state index contributed by atoms with van der Waals surface area (Å²) in [7, 11) is 0. The molecule has 19 nitrogen and oxygen atoms in total. The molecule has 0 bridgehead atoms. The predicted octanol–water partition coefficient (Wildman–Crippen LogP) is 8.37. The Morgan fingerprint density at radius 2 is 0.972 bits per heavy atom. The van der Waals surface area contributed by atoms with Crippen molar-refractivity contribution in [3.05, 3.63) is 126 Å². The molecule has 3 aromatic carbocycles. The first-order chi connectivity index (χ1) is 33.7. The van der Waals surface area contributed by atoms with E-state index in [1.807, 2.05) is 10.6 Å². The van der Waals surface area contributed by atoms with E-state index in [9.17, 15) is 18.0 Å². The van der Waals surface area contributed by atoms with Gasteiger partial charge in [0.25, 0.3) is 0 Å². The first-order valence-electron chi connectivity index (χ1n) is 21.9. The minimum Gasteiger partial charge on any atom is -0.411 e. The number of fused-ring (bicyclic) bond motifs is 3. The Labute approximate surface area is 410 Å². The number of rotatable bonds is 9. The van der Waals surface area contributed by atoms with Crippen LogP contribution < -0.4 is 11.6 Å². The Morgan fingerprint density at radius 1 is 0.620 bits per heavy atom. The van der Waals surface area contributed by atoms with Crippen LogP contribution in [0.4, 0.5) is 13.2 Å². The molecular formula is C48H51ClF3N15O4. The minimum absolute atomic E-state index is 0. The third-order valence-electron chi connectivity index (χ3n) is 11.0. The SMILES string of the molecule is C.CCO.Cl.NCc1cc(-c2nc3ccc(F)cc3n2C2CC2)cnn1.NO.O/N=C/c1cc(-c2nc3ccc(F)cc3n2C2CC2)cnn1.O=Cc1cc(-c2nc3ccc(F)cc3n2C2CC2)cnn1. The summed E-state index contributed by atoms with van der Waals surface area (Å²) < 4.78 is 46.8. The van der Waals surface area contributed by atoms with Gasteiger partial charge in [0.15, 0.2) is 6.29 Å². The summed E-state index contributed by atoms with van der Waals surface area (Å²) in [5.74, 6) is 4.94. The van der Waals surface area contributed by atoms with Crippen molar-refractivity contribution in [2.45, 2.75) is 77.5 Å². The smallest absolute Gasteiger partial charge is 0.170 e. The van der Waals surface area contributed by atoms with Gasteiger partial charge in [-0.1, -0.05) is 12.6 Å². The molecule has 0 unspecified atom stereocenters. The van der Waals surface area contributed by atoms with Gasteiger partial charge in [-0.15, -0.1) is 22.6 Å². The van der Waals surface area contributed by atoms with E-state index in [1.54, 1.807) is 61.9 Å². The third kappa shape index (κ3) is 12.0. The van der Waals surface area contributed by atoms with Crippen LogP contribution in [0.3, 0.4) is 0 Å². The number of aliphatic hydroxyl groups excluding tert-OH is 1. The summed E-state index contributed by atoms with van der Waals surface area (Å²) in [6.07, 6.45) is 13.1. The van der Waals surface area contributed by atoms with Crippen molar-refractivity contribution in [1.29, 1.82) is 0 Å². The highest BCUT2D eigenvalue weighted by Gasteiger charge is 2.31. The number of aldehydes is 1. The fourth-order valence-corrected chi connectivity index (χ4v) is 7.74. The van der Waals surface area contributed by atoms with Gasteiger partial charge in [-0.05, 0) is 118 Å². The second kappa shape index (κ2) is 23.8. The van der Waals surface area contributed by atoms with E-state index in [0.29, 0.717) is 48.2 Å². The number of oxime groups is 1. The molecule has 7 N–H and O–H groups in total. The number of imidazole rings is 3. The lowest BCUT2D eigenvalue weighted by atomic mass is 10.2. The monoisotopic (exact) mass is 993 g/mol. The lowest BCUT2D eigenvalue weighted by Crippen LogP contribution is -2.03. The molecule has 9 aromatic rings. The van der Waals surface area contributed by atoms with Crippen LogP contribution >= 0.6 is 12.4 Å². The van der Waals surface area contributed by atoms with Crippen LogP contribution in [-0.4, -0.2) is 93.9 Å². The molecule has 0 spiro atoms. The van der Waals surface area contributed by atoms with E-state index >= 15 is 0 Å². The zero-order chi connectivity index (χ0) is 48.6. The summed E-state index contributed by atoms with van der Waals surface area (Å²) >= 11 is 0. The number of aromatic nitrogens is 12. The lowest BCUT2D eigenvalue weighted by molar-refractivity contribution is 0.111. The van der Waals surface area contributed by atoms with Gasteiger partial charge in [-0.3, -0.25) is 4.79 Å². The molecule has 370 valence electrons. The fraction of sp³-hybridized carbons (Fsp3) is 0.271. The molecule has 0 amide bonds. The van der Waals surface area contributed by atoms with Crippen LogP contribution in [0.1, 0.15) is 92.9 Å². The summed E-state index contributed by atoms with van der Waals surface area (Å²) in [5.41, 5.74) is 14.0. The van der Waals surface area contributed by atoms with Crippen molar-refractivity contribution in [2.75, 3.05) is 6.61 Å². The van der Waals surface area contributed by atoms with Crippen molar-refractivity contribution < 1.29 is 33.5 Å². The molecule has 6 heterocycles. The number of nitrogens with zero attached hydrogens (tertiary/aromatic N) is 13. The first-order valence-corrected chi connectivity index (χ1v) is 21.9. The number of halogens is 4. The zero-order valence-corrected chi connectivity index (χ0v) is 38.3. The van der Waals surface area contributed by atoms with Crippen LogP contribution in [0.15, 0.2) is 96.5 Å². The number of hydrogen-bond acceptors (Lipinski definition) is 16. The Hall–Kier alpha value is -7.63. The van der Waals surface area contributed by atoms with Crippen LogP contribution in [0.25, 0.3) is 67.3 Å². The van der Waals surface area contributed by atoms with Gasteiger partial charge >= 0.3 is 0 Å². The van der Waals surface area contributed by atoms with Gasteiger partial charge in [0, 0.05) is 48.0 Å². The highest BCUT2D eigenvalue weighted by atomic mass is 35.5. The number of hydrogen-bond donors (Lipinski definition) is 5.